The van der Waals surface area contributed by atoms with Crippen LogP contribution in [0.4, 0.5) is 0 Å². The summed E-state index contributed by atoms with van der Waals surface area (Å²) in [4.78, 5) is 2.15. The first-order valence-electron chi connectivity index (χ1n) is 7.29. The molecule has 116 valence electrons. The van der Waals surface area contributed by atoms with Crippen LogP contribution in [-0.2, 0) is 13.1 Å². The summed E-state index contributed by atoms with van der Waals surface area (Å²) in [7, 11) is 2.04. The topological polar surface area (TPSA) is 75.8 Å². The number of hydrogen-bond donors (Lipinski definition) is 1. The predicted molar refractivity (Wildman–Crippen MR) is 81.9 cm³/mol. The van der Waals surface area contributed by atoms with Crippen LogP contribution in [0.1, 0.15) is 31.5 Å². The summed E-state index contributed by atoms with van der Waals surface area (Å²) >= 11 is 0. The average molecular weight is 300 g/mol. The smallest absolute Gasteiger partial charge is 0.152 e. The van der Waals surface area contributed by atoms with Gasteiger partial charge in [0.2, 0.25) is 0 Å². The molecule has 0 fully saturated rings. The van der Waals surface area contributed by atoms with Gasteiger partial charge in [0.1, 0.15) is 23.6 Å². The normalized spacial score (nSPS) is 11.7. The van der Waals surface area contributed by atoms with Crippen molar-refractivity contribution in [1.82, 2.24) is 29.9 Å². The van der Waals surface area contributed by atoms with Gasteiger partial charge in [-0.05, 0) is 39.1 Å². The zero-order valence-electron chi connectivity index (χ0n) is 13.0. The SMILES string of the molecule is CC(C)n1cnnc1CN(C)Cc1ccc(-c2ccn[nH]2)o1. The second-order valence-corrected chi connectivity index (χ2v) is 5.66. The third-order valence-corrected chi connectivity index (χ3v) is 3.47. The van der Waals surface area contributed by atoms with Crippen LogP contribution < -0.4 is 0 Å². The molecule has 0 amide bonds. The molecule has 7 nitrogen and oxygen atoms in total. The lowest BCUT2D eigenvalue weighted by molar-refractivity contribution is 0.276. The summed E-state index contributed by atoms with van der Waals surface area (Å²) < 4.78 is 7.92. The first kappa shape index (κ1) is 14.5. The van der Waals surface area contributed by atoms with E-state index in [0.29, 0.717) is 12.6 Å². The fourth-order valence-corrected chi connectivity index (χ4v) is 2.38. The van der Waals surface area contributed by atoms with Gasteiger partial charge in [-0.2, -0.15) is 5.10 Å². The van der Waals surface area contributed by atoms with Gasteiger partial charge >= 0.3 is 0 Å². The van der Waals surface area contributed by atoms with Gasteiger partial charge in [0.05, 0.1) is 13.1 Å². The molecular formula is C15H20N6O. The minimum Gasteiger partial charge on any atom is -0.458 e. The second-order valence-electron chi connectivity index (χ2n) is 5.66. The summed E-state index contributed by atoms with van der Waals surface area (Å²) in [6.07, 6.45) is 3.49. The van der Waals surface area contributed by atoms with Crippen LogP contribution in [0.15, 0.2) is 35.1 Å². The Balaban J connectivity index is 1.64. The van der Waals surface area contributed by atoms with E-state index in [-0.39, 0.29) is 0 Å². The van der Waals surface area contributed by atoms with Crippen LogP contribution in [0.5, 0.6) is 0 Å². The molecule has 0 atom stereocenters. The van der Waals surface area contributed by atoms with Gasteiger partial charge in [0.15, 0.2) is 5.76 Å². The Kier molecular flexibility index (Phi) is 4.06. The van der Waals surface area contributed by atoms with Crippen molar-refractivity contribution in [2.24, 2.45) is 0 Å². The quantitative estimate of drug-likeness (QED) is 0.757. The number of furan rings is 1. The van der Waals surface area contributed by atoms with Crippen LogP contribution in [0.2, 0.25) is 0 Å². The van der Waals surface area contributed by atoms with Gasteiger partial charge in [0.25, 0.3) is 0 Å². The van der Waals surface area contributed by atoms with Crippen LogP contribution in [0.3, 0.4) is 0 Å². The van der Waals surface area contributed by atoms with E-state index in [1.54, 1.807) is 12.5 Å². The second kappa shape index (κ2) is 6.15. The predicted octanol–water partition coefficient (Wildman–Crippen LogP) is 2.47. The monoisotopic (exact) mass is 300 g/mol. The zero-order chi connectivity index (χ0) is 15.5. The lowest BCUT2D eigenvalue weighted by Crippen LogP contribution is -2.20. The Morgan fingerprint density at radius 3 is 2.86 bits per heavy atom. The van der Waals surface area contributed by atoms with Gasteiger partial charge in [-0.1, -0.05) is 0 Å². The molecule has 0 spiro atoms. The zero-order valence-corrected chi connectivity index (χ0v) is 13.0. The highest BCUT2D eigenvalue weighted by Crippen LogP contribution is 2.20. The van der Waals surface area contributed by atoms with Crippen molar-refractivity contribution in [2.45, 2.75) is 33.0 Å². The molecule has 3 aromatic heterocycles. The molecule has 0 aromatic carbocycles. The van der Waals surface area contributed by atoms with Gasteiger partial charge < -0.3 is 8.98 Å². The molecule has 0 aliphatic carbocycles. The fourth-order valence-electron chi connectivity index (χ4n) is 2.38. The lowest BCUT2D eigenvalue weighted by Gasteiger charge is -2.16. The van der Waals surface area contributed by atoms with E-state index in [2.05, 4.69) is 43.7 Å². The number of aromatic amines is 1. The van der Waals surface area contributed by atoms with Crippen molar-refractivity contribution in [3.63, 3.8) is 0 Å². The Bertz CT molecular complexity index is 712. The Hall–Kier alpha value is -2.41. The maximum atomic E-state index is 5.84. The minimum atomic E-state index is 0.356. The van der Waals surface area contributed by atoms with E-state index in [1.807, 2.05) is 25.2 Å². The molecule has 0 saturated carbocycles. The Morgan fingerprint density at radius 1 is 1.27 bits per heavy atom. The summed E-state index contributed by atoms with van der Waals surface area (Å²) in [5, 5.41) is 15.0. The van der Waals surface area contributed by atoms with Gasteiger partial charge in [-0.3, -0.25) is 10.00 Å². The molecule has 0 radical (unpaired) electrons. The van der Waals surface area contributed by atoms with Crippen LogP contribution in [0.25, 0.3) is 11.5 Å². The van der Waals surface area contributed by atoms with Crippen molar-refractivity contribution in [1.29, 1.82) is 0 Å². The fraction of sp³-hybridized carbons (Fsp3) is 0.400. The van der Waals surface area contributed by atoms with Gasteiger partial charge in [-0.15, -0.1) is 10.2 Å². The molecule has 3 heterocycles. The molecule has 22 heavy (non-hydrogen) atoms. The van der Waals surface area contributed by atoms with Crippen LogP contribution in [0, 0.1) is 0 Å². The Labute approximate surface area is 129 Å². The van der Waals surface area contributed by atoms with Gasteiger partial charge in [0, 0.05) is 12.2 Å². The third kappa shape index (κ3) is 3.09. The molecule has 7 heteroatoms. The lowest BCUT2D eigenvalue weighted by atomic mass is 10.3. The van der Waals surface area contributed by atoms with E-state index in [1.165, 1.54) is 0 Å². The highest BCUT2D eigenvalue weighted by atomic mass is 16.3. The van der Waals surface area contributed by atoms with Crippen LogP contribution >= 0.6 is 0 Å². The first-order valence-corrected chi connectivity index (χ1v) is 7.29. The first-order chi connectivity index (χ1) is 10.6. The van der Waals surface area contributed by atoms with Crippen LogP contribution in [-0.4, -0.2) is 36.9 Å². The van der Waals surface area contributed by atoms with E-state index in [9.17, 15) is 0 Å². The number of hydrogen-bond acceptors (Lipinski definition) is 5. The van der Waals surface area contributed by atoms with Crippen molar-refractivity contribution in [2.75, 3.05) is 7.05 Å². The molecule has 0 bridgehead atoms. The average Bonchev–Trinajstić information content (AvgIpc) is 3.18. The van der Waals surface area contributed by atoms with Crippen molar-refractivity contribution >= 4 is 0 Å². The van der Waals surface area contributed by atoms with Crippen molar-refractivity contribution in [3.05, 3.63) is 42.3 Å². The molecular weight excluding hydrogens is 280 g/mol. The van der Waals surface area contributed by atoms with Crippen molar-refractivity contribution < 1.29 is 4.42 Å². The molecule has 0 aliphatic rings. The molecule has 3 aromatic rings. The van der Waals surface area contributed by atoms with E-state index in [4.69, 9.17) is 4.42 Å². The number of rotatable bonds is 6. The number of nitrogens with one attached hydrogen (secondary N) is 1. The molecule has 0 unspecified atom stereocenters. The summed E-state index contributed by atoms with van der Waals surface area (Å²) in [6, 6.07) is 6.18. The summed E-state index contributed by atoms with van der Waals surface area (Å²) in [5.41, 5.74) is 0.883. The molecule has 0 saturated heterocycles. The highest BCUT2D eigenvalue weighted by Gasteiger charge is 2.12. The minimum absolute atomic E-state index is 0.356. The molecule has 3 rings (SSSR count). The van der Waals surface area contributed by atoms with E-state index in [0.717, 1.165) is 29.6 Å². The summed E-state index contributed by atoms with van der Waals surface area (Å²) in [6.45, 7) is 5.67. The number of nitrogens with zero attached hydrogens (tertiary/aromatic N) is 5. The Morgan fingerprint density at radius 2 is 2.14 bits per heavy atom. The number of H-pyrrole nitrogens is 1. The molecule has 0 aliphatic heterocycles. The third-order valence-electron chi connectivity index (χ3n) is 3.47. The largest absolute Gasteiger partial charge is 0.458 e. The van der Waals surface area contributed by atoms with E-state index < -0.39 is 0 Å². The standard InChI is InChI=1S/C15H20N6O/c1-11(2)21-10-17-19-15(21)9-20(3)8-12-4-5-14(22-12)13-6-7-16-18-13/h4-7,10-11H,8-9H2,1-3H3,(H,16,18). The number of aromatic nitrogens is 5. The highest BCUT2D eigenvalue weighted by molar-refractivity contribution is 5.51. The van der Waals surface area contributed by atoms with Gasteiger partial charge in [-0.25, -0.2) is 0 Å². The molecule has 1 N–H and O–H groups in total. The maximum Gasteiger partial charge on any atom is 0.152 e. The van der Waals surface area contributed by atoms with E-state index >= 15 is 0 Å². The summed E-state index contributed by atoms with van der Waals surface area (Å²) in [5.74, 6) is 2.66. The maximum absolute atomic E-state index is 5.84. The van der Waals surface area contributed by atoms with Crippen molar-refractivity contribution in [3.8, 4) is 11.5 Å².